The van der Waals surface area contributed by atoms with Crippen LogP contribution in [0, 0.1) is 16.7 Å². The summed E-state index contributed by atoms with van der Waals surface area (Å²) in [6.07, 6.45) is 3.81. The van der Waals surface area contributed by atoms with E-state index in [-0.39, 0.29) is 28.4 Å². The minimum absolute atomic E-state index is 0.154. The minimum Gasteiger partial charge on any atom is -0.461 e. The van der Waals surface area contributed by atoms with Crippen molar-refractivity contribution in [2.75, 3.05) is 0 Å². The Bertz CT molecular complexity index is 951. The Morgan fingerprint density at radius 1 is 1.00 bits per heavy atom. The number of carbonyl (C=O) groups excluding carboxylic acids is 1. The van der Waals surface area contributed by atoms with E-state index in [1.54, 1.807) is 6.08 Å². The van der Waals surface area contributed by atoms with E-state index in [9.17, 15) is 4.79 Å². The van der Waals surface area contributed by atoms with Gasteiger partial charge >= 0.3 is 5.97 Å². The summed E-state index contributed by atoms with van der Waals surface area (Å²) in [6.45, 7) is 8.21. The highest BCUT2D eigenvalue weighted by Gasteiger charge is 2.72. The van der Waals surface area contributed by atoms with Crippen LogP contribution in [0.5, 0.6) is 11.5 Å². The molecule has 0 amide bonds. The molecule has 0 saturated heterocycles. The first-order valence-electron chi connectivity index (χ1n) is 9.84. The van der Waals surface area contributed by atoms with E-state index in [1.165, 1.54) is 0 Å². The molecule has 158 valence electrons. The van der Waals surface area contributed by atoms with Crippen LogP contribution in [0.3, 0.4) is 0 Å². The SMILES string of the molecule is CC(C)=CC1(C=C(Cl)Cl)C(C(=O)OCc2cccc(Oc3ccccc3)c2)C1(C)C. The summed E-state index contributed by atoms with van der Waals surface area (Å²) in [5.74, 6) is 0.828. The fourth-order valence-corrected chi connectivity index (χ4v) is 4.48. The number of carbonyl (C=O) groups is 1. The van der Waals surface area contributed by atoms with E-state index < -0.39 is 5.41 Å². The Morgan fingerprint density at radius 2 is 1.67 bits per heavy atom. The number of esters is 1. The zero-order chi connectivity index (χ0) is 21.9. The third-order valence-corrected chi connectivity index (χ3v) is 5.82. The van der Waals surface area contributed by atoms with Gasteiger partial charge in [0.25, 0.3) is 0 Å². The van der Waals surface area contributed by atoms with Crippen LogP contribution in [0.2, 0.25) is 0 Å². The summed E-state index contributed by atoms with van der Waals surface area (Å²) in [6, 6.07) is 17.1. The highest BCUT2D eigenvalue weighted by atomic mass is 35.5. The molecule has 2 aromatic rings. The smallest absolute Gasteiger partial charge is 0.311 e. The largest absolute Gasteiger partial charge is 0.461 e. The van der Waals surface area contributed by atoms with Crippen LogP contribution in [-0.2, 0) is 16.1 Å². The first kappa shape index (κ1) is 22.5. The van der Waals surface area contributed by atoms with Gasteiger partial charge in [0.15, 0.2) is 0 Å². The molecule has 2 unspecified atom stereocenters. The number of ether oxygens (including phenoxy) is 2. The summed E-state index contributed by atoms with van der Waals surface area (Å²) in [7, 11) is 0. The normalized spacial score (nSPS) is 21.3. The molecule has 3 rings (SSSR count). The Kier molecular flexibility index (Phi) is 6.64. The molecule has 0 bridgehead atoms. The zero-order valence-electron chi connectivity index (χ0n) is 17.6. The summed E-state index contributed by atoms with van der Waals surface area (Å²) >= 11 is 11.9. The van der Waals surface area contributed by atoms with Crippen LogP contribution in [-0.4, -0.2) is 5.97 Å². The Morgan fingerprint density at radius 3 is 2.30 bits per heavy atom. The predicted molar refractivity (Wildman–Crippen MR) is 122 cm³/mol. The predicted octanol–water partition coefficient (Wildman–Crippen LogP) is 7.45. The fraction of sp³-hybridized carbons (Fsp3) is 0.320. The lowest BCUT2D eigenvalue weighted by molar-refractivity contribution is -0.147. The molecule has 1 aliphatic carbocycles. The first-order chi connectivity index (χ1) is 14.2. The maximum atomic E-state index is 13.0. The lowest BCUT2D eigenvalue weighted by atomic mass is 9.94. The average molecular weight is 445 g/mol. The van der Waals surface area contributed by atoms with E-state index in [1.807, 2.05) is 82.3 Å². The summed E-state index contributed by atoms with van der Waals surface area (Å²) < 4.78 is 11.7. The van der Waals surface area contributed by atoms with Crippen molar-refractivity contribution >= 4 is 29.2 Å². The summed E-state index contributed by atoms with van der Waals surface area (Å²) in [4.78, 5) is 13.0. The van der Waals surface area contributed by atoms with Crippen molar-refractivity contribution < 1.29 is 14.3 Å². The van der Waals surface area contributed by atoms with Crippen LogP contribution in [0.15, 0.2) is 76.8 Å². The molecule has 5 heteroatoms. The Labute approximate surface area is 188 Å². The molecule has 1 saturated carbocycles. The van der Waals surface area contributed by atoms with Gasteiger partial charge in [-0.1, -0.05) is 79.0 Å². The molecule has 1 fully saturated rings. The Balaban J connectivity index is 1.71. The molecule has 1 aliphatic rings. The van der Waals surface area contributed by atoms with Crippen LogP contribution in [0.25, 0.3) is 0 Å². The zero-order valence-corrected chi connectivity index (χ0v) is 19.1. The van der Waals surface area contributed by atoms with Crippen molar-refractivity contribution in [1.29, 1.82) is 0 Å². The van der Waals surface area contributed by atoms with Gasteiger partial charge in [0, 0.05) is 5.41 Å². The van der Waals surface area contributed by atoms with E-state index >= 15 is 0 Å². The summed E-state index contributed by atoms with van der Waals surface area (Å²) in [5, 5.41) is 0. The molecule has 0 heterocycles. The third kappa shape index (κ3) is 4.74. The second-order valence-electron chi connectivity index (χ2n) is 8.41. The van der Waals surface area contributed by atoms with Gasteiger partial charge in [-0.15, -0.1) is 0 Å². The van der Waals surface area contributed by atoms with Gasteiger partial charge in [-0.05, 0) is 55.2 Å². The quantitative estimate of drug-likeness (QED) is 0.328. The number of para-hydroxylation sites is 1. The number of halogens is 2. The van der Waals surface area contributed by atoms with Crippen molar-refractivity contribution in [3.63, 3.8) is 0 Å². The number of hydrogen-bond acceptors (Lipinski definition) is 3. The van der Waals surface area contributed by atoms with Gasteiger partial charge in [0.1, 0.15) is 22.6 Å². The van der Waals surface area contributed by atoms with Gasteiger partial charge < -0.3 is 9.47 Å². The van der Waals surface area contributed by atoms with Gasteiger partial charge in [-0.25, -0.2) is 0 Å². The molecular weight excluding hydrogens is 419 g/mol. The maximum Gasteiger partial charge on any atom is 0.311 e. The molecule has 0 radical (unpaired) electrons. The highest BCUT2D eigenvalue weighted by molar-refractivity contribution is 6.55. The highest BCUT2D eigenvalue weighted by Crippen LogP contribution is 2.71. The molecule has 30 heavy (non-hydrogen) atoms. The third-order valence-electron chi connectivity index (χ3n) is 5.60. The van der Waals surface area contributed by atoms with Crippen molar-refractivity contribution in [1.82, 2.24) is 0 Å². The van der Waals surface area contributed by atoms with E-state index in [0.29, 0.717) is 5.75 Å². The van der Waals surface area contributed by atoms with Crippen molar-refractivity contribution in [3.8, 4) is 11.5 Å². The second-order valence-corrected chi connectivity index (χ2v) is 9.42. The first-order valence-corrected chi connectivity index (χ1v) is 10.6. The molecule has 0 aliphatic heterocycles. The van der Waals surface area contributed by atoms with Crippen LogP contribution in [0.1, 0.15) is 33.3 Å². The number of allylic oxidation sites excluding steroid dienone is 3. The van der Waals surface area contributed by atoms with E-state index in [0.717, 1.165) is 16.9 Å². The summed E-state index contributed by atoms with van der Waals surface area (Å²) in [5.41, 5.74) is 1.07. The topological polar surface area (TPSA) is 35.5 Å². The molecule has 0 spiro atoms. The van der Waals surface area contributed by atoms with Crippen molar-refractivity contribution in [2.24, 2.45) is 16.7 Å². The molecule has 2 aromatic carbocycles. The molecular formula is C25H26Cl2O3. The fourth-order valence-electron chi connectivity index (χ4n) is 4.12. The molecule has 0 aromatic heterocycles. The lowest BCUT2D eigenvalue weighted by Crippen LogP contribution is -2.12. The average Bonchev–Trinajstić information content (AvgIpc) is 3.12. The van der Waals surface area contributed by atoms with Crippen molar-refractivity contribution in [2.45, 2.75) is 34.3 Å². The number of benzene rings is 2. The minimum atomic E-state index is -0.542. The van der Waals surface area contributed by atoms with E-state index in [4.69, 9.17) is 32.7 Å². The lowest BCUT2D eigenvalue weighted by Gasteiger charge is -2.12. The van der Waals surface area contributed by atoms with Crippen molar-refractivity contribution in [3.05, 3.63) is 82.4 Å². The van der Waals surface area contributed by atoms with Crippen LogP contribution >= 0.6 is 23.2 Å². The monoisotopic (exact) mass is 444 g/mol. The van der Waals surface area contributed by atoms with Gasteiger partial charge in [0.05, 0.1) is 5.92 Å². The standard InChI is InChI=1S/C25H26Cl2O3/c1-17(2)14-25(15-21(26)27)22(24(25,3)4)23(28)29-16-18-9-8-12-20(13-18)30-19-10-6-5-7-11-19/h5-15,22H,16H2,1-4H3. The Hall–Kier alpha value is -2.23. The number of rotatable bonds is 7. The molecule has 0 N–H and O–H groups in total. The van der Waals surface area contributed by atoms with Gasteiger partial charge in [-0.2, -0.15) is 0 Å². The molecule has 3 nitrogen and oxygen atoms in total. The van der Waals surface area contributed by atoms with E-state index in [2.05, 4.69) is 6.08 Å². The number of hydrogen-bond donors (Lipinski definition) is 0. The van der Waals surface area contributed by atoms with Crippen LogP contribution in [0.4, 0.5) is 0 Å². The van der Waals surface area contributed by atoms with Gasteiger partial charge in [-0.3, -0.25) is 4.79 Å². The molecule has 2 atom stereocenters. The van der Waals surface area contributed by atoms with Gasteiger partial charge in [0.2, 0.25) is 0 Å². The second kappa shape index (κ2) is 8.87. The maximum absolute atomic E-state index is 13.0. The van der Waals surface area contributed by atoms with Crippen LogP contribution < -0.4 is 4.74 Å².